The van der Waals surface area contributed by atoms with Crippen LogP contribution in [0.1, 0.15) is 102 Å². The minimum Gasteiger partial charge on any atom is -0.395 e. The summed E-state index contributed by atoms with van der Waals surface area (Å²) in [5, 5.41) is 15.9. The number of aliphatic hydroxyl groups excluding tert-OH is 1. The summed E-state index contributed by atoms with van der Waals surface area (Å²) in [4.78, 5) is 5.08. The maximum atomic E-state index is 9.02. The van der Waals surface area contributed by atoms with Gasteiger partial charge in [-0.25, -0.2) is 4.98 Å². The molecule has 2 atom stereocenters. The Morgan fingerprint density at radius 1 is 1.06 bits per heavy atom. The fourth-order valence-corrected chi connectivity index (χ4v) is 6.07. The minimum absolute atomic E-state index is 0.217. The first-order valence-electron chi connectivity index (χ1n) is 12.6. The van der Waals surface area contributed by atoms with E-state index in [9.17, 15) is 0 Å². The van der Waals surface area contributed by atoms with Crippen molar-refractivity contribution in [1.82, 2.24) is 10.3 Å². The van der Waals surface area contributed by atoms with Crippen molar-refractivity contribution < 1.29 is 5.11 Å². The number of benzene rings is 1. The smallest absolute Gasteiger partial charge is 0.0960 e. The third-order valence-electron chi connectivity index (χ3n) is 7.52. The molecule has 0 fully saturated rings. The highest BCUT2D eigenvalue weighted by atomic mass is 32.1. The zero-order chi connectivity index (χ0) is 23.4. The van der Waals surface area contributed by atoms with Crippen LogP contribution >= 0.6 is 11.3 Å². The molecule has 0 saturated carbocycles. The fourth-order valence-electron chi connectivity index (χ4n) is 5.15. The molecule has 3 nitrogen and oxygen atoms in total. The monoisotopic (exact) mass is 456 g/mol. The van der Waals surface area contributed by atoms with E-state index in [-0.39, 0.29) is 17.4 Å². The Bertz CT molecular complexity index is 870. The first-order chi connectivity index (χ1) is 15.2. The summed E-state index contributed by atoms with van der Waals surface area (Å²) in [5.41, 5.74) is 5.90. The van der Waals surface area contributed by atoms with Gasteiger partial charge in [0.25, 0.3) is 0 Å². The summed E-state index contributed by atoms with van der Waals surface area (Å²) in [7, 11) is 0. The van der Waals surface area contributed by atoms with Gasteiger partial charge in [0.15, 0.2) is 0 Å². The van der Waals surface area contributed by atoms with Gasteiger partial charge < -0.3 is 10.4 Å². The van der Waals surface area contributed by atoms with Crippen molar-refractivity contribution >= 4 is 11.3 Å². The summed E-state index contributed by atoms with van der Waals surface area (Å²) in [6.45, 7) is 16.0. The molecule has 1 aromatic heterocycles. The number of rotatable bonds is 11. The molecular formula is C28H44N2OS. The molecule has 0 spiro atoms. The molecule has 0 radical (unpaired) electrons. The average Bonchev–Trinajstić information content (AvgIpc) is 3.25. The van der Waals surface area contributed by atoms with E-state index < -0.39 is 0 Å². The van der Waals surface area contributed by atoms with Crippen LogP contribution in [0.5, 0.6) is 0 Å². The average molecular weight is 457 g/mol. The first-order valence-corrected chi connectivity index (χ1v) is 13.5. The third-order valence-corrected chi connectivity index (χ3v) is 8.59. The zero-order valence-electron chi connectivity index (χ0n) is 21.1. The van der Waals surface area contributed by atoms with Crippen LogP contribution in [0.25, 0.3) is 11.3 Å². The second-order valence-corrected chi connectivity index (χ2v) is 12.0. The highest BCUT2D eigenvalue weighted by Gasteiger charge is 2.37. The molecule has 0 saturated heterocycles. The van der Waals surface area contributed by atoms with Crippen LogP contribution in [-0.2, 0) is 10.8 Å². The minimum atomic E-state index is 0.217. The molecule has 0 aliphatic heterocycles. The van der Waals surface area contributed by atoms with Gasteiger partial charge in [0, 0.05) is 23.4 Å². The number of nitrogens with zero attached hydrogens (tertiary/aromatic N) is 1. The number of aliphatic hydroxyl groups is 1. The van der Waals surface area contributed by atoms with E-state index in [2.05, 4.69) is 70.4 Å². The van der Waals surface area contributed by atoms with E-state index in [1.165, 1.54) is 60.2 Å². The van der Waals surface area contributed by atoms with Crippen molar-refractivity contribution in [2.75, 3.05) is 19.7 Å². The van der Waals surface area contributed by atoms with Crippen LogP contribution in [0.3, 0.4) is 0 Å². The molecule has 1 aromatic carbocycles. The van der Waals surface area contributed by atoms with Gasteiger partial charge in [0.1, 0.15) is 0 Å². The van der Waals surface area contributed by atoms with E-state index in [1.54, 1.807) is 0 Å². The van der Waals surface area contributed by atoms with E-state index in [4.69, 9.17) is 10.1 Å². The van der Waals surface area contributed by atoms with Gasteiger partial charge in [-0.2, -0.15) is 0 Å². The van der Waals surface area contributed by atoms with Gasteiger partial charge >= 0.3 is 0 Å². The predicted octanol–water partition coefficient (Wildman–Crippen LogP) is 7.04. The Kier molecular flexibility index (Phi) is 8.57. The number of aromatic nitrogens is 1. The van der Waals surface area contributed by atoms with Crippen molar-refractivity contribution in [1.29, 1.82) is 0 Å². The van der Waals surface area contributed by atoms with Gasteiger partial charge in [-0.1, -0.05) is 60.1 Å². The number of hydrogen-bond acceptors (Lipinski definition) is 4. The summed E-state index contributed by atoms with van der Waals surface area (Å²) in [6, 6.07) is 7.07. The lowest BCUT2D eigenvalue weighted by Gasteiger charge is -2.42. The fraction of sp³-hybridized carbons (Fsp3) is 0.679. The van der Waals surface area contributed by atoms with Crippen LogP contribution in [0, 0.1) is 5.92 Å². The van der Waals surface area contributed by atoms with E-state index in [0.717, 1.165) is 12.2 Å². The van der Waals surface area contributed by atoms with Crippen molar-refractivity contribution in [2.24, 2.45) is 5.92 Å². The van der Waals surface area contributed by atoms with Crippen LogP contribution in [0.4, 0.5) is 0 Å². The summed E-state index contributed by atoms with van der Waals surface area (Å²) in [5.74, 6) is 1.17. The molecule has 2 aromatic rings. The molecule has 3 rings (SSSR count). The molecule has 2 N–H and O–H groups in total. The van der Waals surface area contributed by atoms with Crippen LogP contribution in [0.15, 0.2) is 23.6 Å². The first kappa shape index (κ1) is 25.4. The van der Waals surface area contributed by atoms with Crippen LogP contribution < -0.4 is 5.32 Å². The molecule has 2 unspecified atom stereocenters. The van der Waals surface area contributed by atoms with Crippen LogP contribution in [-0.4, -0.2) is 29.8 Å². The predicted molar refractivity (Wildman–Crippen MR) is 139 cm³/mol. The van der Waals surface area contributed by atoms with E-state index in [0.29, 0.717) is 18.4 Å². The molecule has 0 amide bonds. The maximum Gasteiger partial charge on any atom is 0.0960 e. The van der Waals surface area contributed by atoms with E-state index in [1.807, 2.05) is 11.3 Å². The molecule has 1 aliphatic carbocycles. The third kappa shape index (κ3) is 6.01. The second-order valence-electron chi connectivity index (χ2n) is 11.2. The standard InChI is InChI=1S/C28H44N2OS/c1-7-8-21(18-29-15-16-31)10-9-20(2)26-30-25(19-32-26)22-11-12-23-24(17-22)28(5,6)14-13-27(23,3)4/h11-12,17,19-21,29,31H,7-10,13-16,18H2,1-6H3. The van der Waals surface area contributed by atoms with Crippen molar-refractivity contribution in [3.8, 4) is 11.3 Å². The number of fused-ring (bicyclic) bond motifs is 1. The normalized spacial score (nSPS) is 18.8. The zero-order valence-corrected chi connectivity index (χ0v) is 21.9. The van der Waals surface area contributed by atoms with Gasteiger partial charge in [-0.05, 0) is 72.6 Å². The Labute approximate surface area is 200 Å². The Morgan fingerprint density at radius 2 is 1.78 bits per heavy atom. The lowest BCUT2D eigenvalue weighted by atomic mass is 9.63. The molecule has 178 valence electrons. The Balaban J connectivity index is 1.70. The summed E-state index contributed by atoms with van der Waals surface area (Å²) >= 11 is 1.82. The summed E-state index contributed by atoms with van der Waals surface area (Å²) in [6.07, 6.45) is 7.33. The number of nitrogens with one attached hydrogen (secondary N) is 1. The quantitative estimate of drug-likeness (QED) is 0.356. The number of thiazole rings is 1. The van der Waals surface area contributed by atoms with Gasteiger partial charge in [-0.3, -0.25) is 0 Å². The van der Waals surface area contributed by atoms with Crippen LogP contribution in [0.2, 0.25) is 0 Å². The topological polar surface area (TPSA) is 45.2 Å². The lowest BCUT2D eigenvalue weighted by molar-refractivity contribution is 0.283. The molecule has 1 heterocycles. The maximum absolute atomic E-state index is 9.02. The number of hydrogen-bond donors (Lipinski definition) is 2. The molecule has 4 heteroatoms. The molecule has 1 aliphatic rings. The highest BCUT2D eigenvalue weighted by Crippen LogP contribution is 2.46. The van der Waals surface area contributed by atoms with E-state index >= 15 is 0 Å². The van der Waals surface area contributed by atoms with Crippen molar-refractivity contribution in [2.45, 2.75) is 96.8 Å². The lowest BCUT2D eigenvalue weighted by Crippen LogP contribution is -2.33. The Morgan fingerprint density at radius 3 is 2.47 bits per heavy atom. The van der Waals surface area contributed by atoms with Gasteiger partial charge in [0.05, 0.1) is 17.3 Å². The highest BCUT2D eigenvalue weighted by molar-refractivity contribution is 7.10. The van der Waals surface area contributed by atoms with Gasteiger partial charge in [0.2, 0.25) is 0 Å². The molecule has 0 bridgehead atoms. The SMILES string of the molecule is CCCC(CCC(C)c1nc(-c2ccc3c(c2)C(C)(C)CCC3(C)C)cs1)CNCCO. The molecular weight excluding hydrogens is 412 g/mol. The van der Waals surface area contributed by atoms with Crippen molar-refractivity contribution in [3.63, 3.8) is 0 Å². The van der Waals surface area contributed by atoms with Gasteiger partial charge in [-0.15, -0.1) is 11.3 Å². The second kappa shape index (κ2) is 10.8. The van der Waals surface area contributed by atoms with Crippen molar-refractivity contribution in [3.05, 3.63) is 39.7 Å². The largest absolute Gasteiger partial charge is 0.395 e. The Hall–Kier alpha value is -1.23. The molecule has 32 heavy (non-hydrogen) atoms. The summed E-state index contributed by atoms with van der Waals surface area (Å²) < 4.78 is 0.